The quantitative estimate of drug-likeness (QED) is 0.224. The first-order valence-corrected chi connectivity index (χ1v) is 21.4. The zero-order chi connectivity index (χ0) is 39.9. The molecular weight excluding hydrogens is 746 g/mol. The smallest absolute Gasteiger partial charge is 0.598 e. The van der Waals surface area contributed by atoms with Crippen LogP contribution in [0.1, 0.15) is 99.3 Å². The van der Waals surface area contributed by atoms with Gasteiger partial charge >= 0.3 is 37.3 Å². The fraction of sp³-hybridized carbons (Fsp3) is 0.609. The van der Waals surface area contributed by atoms with Gasteiger partial charge in [0.2, 0.25) is 0 Å². The molecule has 0 spiro atoms. The lowest BCUT2D eigenvalue weighted by Gasteiger charge is -2.66. The Labute approximate surface area is 350 Å². The molecule has 4 bridgehead atoms. The number of hydrogen-bond acceptors (Lipinski definition) is 9. The molecule has 13 heteroatoms. The summed E-state index contributed by atoms with van der Waals surface area (Å²) in [6.45, 7) is 10.6. The molecule has 0 radical (unpaired) electrons. The number of ether oxygens (including phenoxy) is 1. The lowest BCUT2D eigenvalue weighted by Crippen LogP contribution is -2.75. The van der Waals surface area contributed by atoms with E-state index < -0.39 is 13.4 Å². The Morgan fingerprint density at radius 2 is 1.05 bits per heavy atom. The maximum atomic E-state index is 12.6. The third-order valence-corrected chi connectivity index (χ3v) is 17.7. The molecule has 0 N–H and O–H groups in total. The number of benzene rings is 2. The van der Waals surface area contributed by atoms with E-state index in [0.29, 0.717) is 55.1 Å². The molecule has 2 aromatic rings. The van der Waals surface area contributed by atoms with Crippen LogP contribution in [-0.2, 0) is 42.5 Å². The Kier molecular flexibility index (Phi) is 9.77. The van der Waals surface area contributed by atoms with Gasteiger partial charge in [-0.25, -0.2) is 0 Å². The van der Waals surface area contributed by atoms with E-state index in [1.54, 1.807) is 0 Å². The number of fused-ring (bicyclic) bond motifs is 8. The average molecular weight is 811 g/mol. The highest BCUT2D eigenvalue weighted by Crippen LogP contribution is 2.66. The zero-order valence-corrected chi connectivity index (χ0v) is 34.1. The largest absolute Gasteiger partial charge is 0.615 e. The number of carbonyl (C=O) groups excluding carboxylic acids is 4. The first-order chi connectivity index (χ1) is 27.1. The number of carbonyl (C=O) groups is 4. The van der Waals surface area contributed by atoms with Gasteiger partial charge in [0, 0.05) is 11.8 Å². The van der Waals surface area contributed by atoms with Crippen molar-refractivity contribution < 1.29 is 51.3 Å². The average Bonchev–Trinajstić information content (AvgIpc) is 3.68. The van der Waals surface area contributed by atoms with Gasteiger partial charge < -0.3 is 32.1 Å². The summed E-state index contributed by atoms with van der Waals surface area (Å²) in [7, 11) is 0. The minimum Gasteiger partial charge on any atom is -0.598 e. The van der Waals surface area contributed by atoms with Crippen LogP contribution in [0.4, 0.5) is 0 Å². The molecule has 6 saturated carbocycles. The number of nitrogens with zero attached hydrogens (tertiary/aromatic N) is 2. The van der Waals surface area contributed by atoms with E-state index in [2.05, 4.69) is 41.5 Å². The summed E-state index contributed by atoms with van der Waals surface area (Å²) in [6, 6.07) is 19.9. The second-order valence-electron chi connectivity index (χ2n) is 20.5. The van der Waals surface area contributed by atoms with Gasteiger partial charge in [-0.1, -0.05) is 129 Å². The van der Waals surface area contributed by atoms with E-state index in [1.165, 1.54) is 12.8 Å². The normalized spacial score (nSPS) is 44.7. The van der Waals surface area contributed by atoms with Crippen molar-refractivity contribution in [1.82, 2.24) is 0 Å². The van der Waals surface area contributed by atoms with E-state index in [0.717, 1.165) is 24.0 Å². The number of rotatable bonds is 6. The second-order valence-corrected chi connectivity index (χ2v) is 20.5. The molecule has 318 valence electrons. The molecule has 0 amide bonds. The van der Waals surface area contributed by atoms with Crippen LogP contribution in [0.15, 0.2) is 66.6 Å². The Balaban J connectivity index is 0.000000159. The third-order valence-electron chi connectivity index (χ3n) is 17.7. The maximum absolute atomic E-state index is 12.6. The summed E-state index contributed by atoms with van der Waals surface area (Å²) in [4.78, 5) is 50.3. The van der Waals surface area contributed by atoms with Gasteiger partial charge in [-0.2, -0.15) is 0 Å². The van der Waals surface area contributed by atoms with Gasteiger partial charge in [0.25, 0.3) is 0 Å². The topological polar surface area (TPSA) is 118 Å². The summed E-state index contributed by atoms with van der Waals surface area (Å²) in [6.07, 6.45) is 6.30. The zero-order valence-electron chi connectivity index (χ0n) is 34.1. The summed E-state index contributed by atoms with van der Waals surface area (Å²) in [5, 5.41) is 0. The van der Waals surface area contributed by atoms with Crippen molar-refractivity contribution in [3.8, 4) is 0 Å². The highest BCUT2D eigenvalue weighted by Gasteiger charge is 2.80. The highest BCUT2D eigenvalue weighted by molar-refractivity contribution is 6.71. The van der Waals surface area contributed by atoms with Gasteiger partial charge in [-0.15, -0.1) is 0 Å². The van der Waals surface area contributed by atoms with Crippen LogP contribution in [0.3, 0.4) is 0 Å². The first-order valence-electron chi connectivity index (χ1n) is 21.4. The van der Waals surface area contributed by atoms with Crippen molar-refractivity contribution in [2.75, 3.05) is 26.2 Å². The molecule has 11 fully saturated rings. The fourth-order valence-corrected chi connectivity index (χ4v) is 14.4. The molecule has 59 heavy (non-hydrogen) atoms. The van der Waals surface area contributed by atoms with Crippen LogP contribution >= 0.6 is 0 Å². The van der Waals surface area contributed by atoms with Crippen molar-refractivity contribution in [1.29, 1.82) is 0 Å². The molecule has 0 aromatic heterocycles. The summed E-state index contributed by atoms with van der Waals surface area (Å²) in [5.74, 6) is 4.19. The molecule has 11 aliphatic rings. The van der Waals surface area contributed by atoms with Gasteiger partial charge in [0.15, 0.2) is 0 Å². The van der Waals surface area contributed by atoms with E-state index in [1.807, 2.05) is 72.7 Å². The van der Waals surface area contributed by atoms with Crippen LogP contribution in [-0.4, -0.2) is 90.3 Å². The Morgan fingerprint density at radius 1 is 0.610 bits per heavy atom. The fourth-order valence-electron chi connectivity index (χ4n) is 14.4. The van der Waals surface area contributed by atoms with Gasteiger partial charge in [-0.3, -0.25) is 19.2 Å². The van der Waals surface area contributed by atoms with E-state index in [-0.39, 0.29) is 89.1 Å². The first kappa shape index (κ1) is 41.8. The van der Waals surface area contributed by atoms with Gasteiger partial charge in [0.05, 0.1) is 18.2 Å². The molecular formula is C46H64B2N2O9. The van der Waals surface area contributed by atoms with Crippen molar-refractivity contribution in [3.05, 3.63) is 77.8 Å². The standard InChI is InChI=1S/C22H28BNO5.C22H28BNO4.2CH4/c1-13-16-9-15(22(16,2)3)10-17(13)24-11-18(25)28-23(24,29-19(26)12-24)21-20(27-21)14-7-5-4-6-8-14;1-15-18-11-17(22(18,2)3)12-19(15)24-13-20(25)27-23(24,28-21(26)14-24)10-9-16-7-5-4-6-8-16;;/h4-8,13,15-17,20-21H,9-12H2,1-3H3;4-10,15,17-19H,11-14H2,1-3H3;2*1H4/b;10-9+;;/t13-,15+,16-,17-,20+,21-,23?,24?;15-,17+,18-,19-,23?,24?;;/m11../s1. The minimum absolute atomic E-state index is 0. The lowest BCUT2D eigenvalue weighted by molar-refractivity contribution is -0.852. The molecule has 11 nitrogen and oxygen atoms in total. The summed E-state index contributed by atoms with van der Waals surface area (Å²) < 4.78 is 30.3. The molecule has 0 unspecified atom stereocenters. The number of quaternary nitrogens is 2. The maximum Gasteiger partial charge on any atom is 0.615 e. The van der Waals surface area contributed by atoms with Crippen molar-refractivity contribution in [3.63, 3.8) is 0 Å². The van der Waals surface area contributed by atoms with Crippen LogP contribution in [0.5, 0.6) is 0 Å². The molecule has 5 heterocycles. The van der Waals surface area contributed by atoms with Gasteiger partial charge in [-0.05, 0) is 71.3 Å². The molecule has 5 aliphatic heterocycles. The van der Waals surface area contributed by atoms with E-state index in [9.17, 15) is 19.2 Å². The van der Waals surface area contributed by atoms with Crippen LogP contribution < -0.4 is 0 Å². The number of epoxide rings is 1. The highest BCUT2D eigenvalue weighted by atomic mass is 16.7. The van der Waals surface area contributed by atoms with Crippen LogP contribution in [0, 0.1) is 46.3 Å². The Bertz CT molecular complexity index is 2020. The summed E-state index contributed by atoms with van der Waals surface area (Å²) in [5.41, 5.74) is 2.72. The van der Waals surface area contributed by atoms with Crippen molar-refractivity contribution >= 4 is 43.3 Å². The van der Waals surface area contributed by atoms with Crippen molar-refractivity contribution in [2.24, 2.45) is 46.3 Å². The SMILES string of the molecule is C.C.C[C@@H]1[C@H]2C[C@@H](C[C@H]1[N+]13CC(=O)O[B-]1(/C=C/c1ccccc1)OC(=O)C3)C2(C)C.C[C@@H]1[C@H]2C[C@@H](C[C@H]1[N+]13CC(=O)O[B-]1([C@@H]1O[C@H]1c1ccccc1)OC(=O)C3)C2(C)C. The van der Waals surface area contributed by atoms with Crippen LogP contribution in [0.2, 0.25) is 0 Å². The molecule has 6 aliphatic carbocycles. The summed E-state index contributed by atoms with van der Waals surface area (Å²) >= 11 is 0. The van der Waals surface area contributed by atoms with E-state index >= 15 is 0 Å². The van der Waals surface area contributed by atoms with Crippen molar-refractivity contribution in [2.45, 2.75) is 106 Å². The Hall–Kier alpha value is -3.93. The molecule has 13 rings (SSSR count). The van der Waals surface area contributed by atoms with Gasteiger partial charge in [0.1, 0.15) is 32.2 Å². The lowest BCUT2D eigenvalue weighted by atomic mass is 9.43. The Morgan fingerprint density at radius 3 is 1.53 bits per heavy atom. The predicted molar refractivity (Wildman–Crippen MR) is 225 cm³/mol. The van der Waals surface area contributed by atoms with Crippen LogP contribution in [0.25, 0.3) is 6.08 Å². The predicted octanol–water partition coefficient (Wildman–Crippen LogP) is 7.06. The minimum atomic E-state index is -2.20. The monoisotopic (exact) mass is 810 g/mol. The molecule has 10 atom stereocenters. The third kappa shape index (κ3) is 5.72. The second kappa shape index (κ2) is 13.8. The van der Waals surface area contributed by atoms with E-state index in [4.69, 9.17) is 23.4 Å². The molecule has 2 aromatic carbocycles. The molecule has 5 saturated heterocycles. The number of hydrogen-bond donors (Lipinski definition) is 0.